The Morgan fingerprint density at radius 1 is 1.04 bits per heavy atom. The van der Waals surface area contributed by atoms with Crippen LogP contribution in [0.4, 0.5) is 24.5 Å². The summed E-state index contributed by atoms with van der Waals surface area (Å²) in [6, 6.07) is 15.5. The number of methoxy groups -OCH3 is 1. The van der Waals surface area contributed by atoms with Gasteiger partial charge in [-0.15, -0.1) is 0 Å². The summed E-state index contributed by atoms with van der Waals surface area (Å²) in [6.45, 7) is -0.454. The van der Waals surface area contributed by atoms with Gasteiger partial charge < -0.3 is 19.8 Å². The molecule has 3 aromatic carbocycles. The number of amides is 3. The van der Waals surface area contributed by atoms with E-state index >= 15 is 0 Å². The summed E-state index contributed by atoms with van der Waals surface area (Å²) in [7, 11) is 1.52. The molecule has 4 aromatic rings. The van der Waals surface area contributed by atoms with Gasteiger partial charge in [-0.25, -0.2) is 4.90 Å². The van der Waals surface area contributed by atoms with Crippen LogP contribution in [0.25, 0.3) is 0 Å². The van der Waals surface area contributed by atoms with Gasteiger partial charge in [0, 0.05) is 27.1 Å². The molecular formula is C30H21ClF3N3O6S2. The molecule has 0 bridgehead atoms. The van der Waals surface area contributed by atoms with Crippen LogP contribution >= 0.6 is 34.7 Å². The molecule has 1 saturated heterocycles. The minimum atomic E-state index is -4.83. The number of hydrogen-bond donors (Lipinski definition) is 2. The van der Waals surface area contributed by atoms with E-state index in [0.29, 0.717) is 31.8 Å². The molecule has 2 aliphatic rings. The second-order valence-corrected chi connectivity index (χ2v) is 12.6. The van der Waals surface area contributed by atoms with Crippen LogP contribution in [0.5, 0.6) is 11.5 Å². The van der Waals surface area contributed by atoms with Gasteiger partial charge in [0.15, 0.2) is 6.61 Å². The number of rotatable bonds is 7. The average Bonchev–Trinajstić information content (AvgIpc) is 3.50. The topological polar surface area (TPSA) is 118 Å². The van der Waals surface area contributed by atoms with E-state index in [-0.39, 0.29) is 10.8 Å². The molecule has 0 radical (unpaired) electrons. The number of carbonyl (C=O) groups excluding carboxylic acids is 3. The first-order valence-electron chi connectivity index (χ1n) is 13.3. The van der Waals surface area contributed by atoms with Crippen molar-refractivity contribution in [3.63, 3.8) is 0 Å². The molecule has 9 nitrogen and oxygen atoms in total. The number of benzene rings is 3. The van der Waals surface area contributed by atoms with Crippen LogP contribution in [0.15, 0.2) is 76.6 Å². The van der Waals surface area contributed by atoms with Crippen molar-refractivity contribution < 1.29 is 37.0 Å². The number of para-hydroxylation sites is 1. The summed E-state index contributed by atoms with van der Waals surface area (Å²) >= 11 is 8.09. The Morgan fingerprint density at radius 2 is 1.78 bits per heavy atom. The SMILES string of the molecule is COc1ccc(NC(=O)COc2ccc(Cl)cc2C2c3sc(=O)[nH]c3SC3C(=O)N(c4ccccc4C(F)(F)F)C(=O)C32)cc1. The van der Waals surface area contributed by atoms with E-state index in [0.717, 1.165) is 35.2 Å². The fraction of sp³-hybridized carbons (Fsp3) is 0.200. The van der Waals surface area contributed by atoms with E-state index in [4.69, 9.17) is 21.1 Å². The number of hydrogen-bond acceptors (Lipinski definition) is 8. The van der Waals surface area contributed by atoms with Crippen LogP contribution in [0.3, 0.4) is 0 Å². The number of ether oxygens (including phenoxy) is 2. The minimum absolute atomic E-state index is 0.140. The number of carbonyl (C=O) groups is 3. The lowest BCUT2D eigenvalue weighted by Gasteiger charge is -2.31. The molecule has 6 rings (SSSR count). The van der Waals surface area contributed by atoms with Gasteiger partial charge >= 0.3 is 11.0 Å². The van der Waals surface area contributed by atoms with Crippen molar-refractivity contribution in [1.29, 1.82) is 0 Å². The first kappa shape index (κ1) is 30.7. The highest BCUT2D eigenvalue weighted by molar-refractivity contribution is 8.00. The van der Waals surface area contributed by atoms with Gasteiger partial charge in [-0.05, 0) is 54.6 Å². The fourth-order valence-corrected chi connectivity index (χ4v) is 8.09. The van der Waals surface area contributed by atoms with Gasteiger partial charge in [-0.1, -0.05) is 46.8 Å². The standard InChI is InChI=1S/C30H21ClF3N3O6S2/c1-42-16-9-7-15(8-10-16)35-21(38)13-43-20-11-6-14(31)12-17(20)22-23-25(44-26-24(22)45-29(41)36-26)28(40)37(27(23)39)19-5-3-2-4-18(19)30(32,33)34/h2-12,22-23,25H,13H2,1H3,(H,35,38)(H,36,41). The quantitative estimate of drug-likeness (QED) is 0.233. The molecule has 45 heavy (non-hydrogen) atoms. The van der Waals surface area contributed by atoms with Crippen LogP contribution in [-0.2, 0) is 20.6 Å². The normalized spacial score (nSPS) is 19.2. The highest BCUT2D eigenvalue weighted by Crippen LogP contribution is 2.55. The molecule has 0 saturated carbocycles. The number of H-pyrrole nitrogens is 1. The maximum absolute atomic E-state index is 14.0. The van der Waals surface area contributed by atoms with Crippen molar-refractivity contribution >= 4 is 63.8 Å². The van der Waals surface area contributed by atoms with Crippen LogP contribution in [0.2, 0.25) is 5.02 Å². The minimum Gasteiger partial charge on any atom is -0.497 e. The van der Waals surface area contributed by atoms with Crippen LogP contribution < -0.4 is 24.6 Å². The number of thioether (sulfide) groups is 1. The molecule has 0 spiro atoms. The molecule has 232 valence electrons. The van der Waals surface area contributed by atoms with Crippen molar-refractivity contribution in [2.75, 3.05) is 23.9 Å². The van der Waals surface area contributed by atoms with Crippen molar-refractivity contribution in [3.8, 4) is 11.5 Å². The summed E-state index contributed by atoms with van der Waals surface area (Å²) in [5.41, 5.74) is -0.935. The lowest BCUT2D eigenvalue weighted by molar-refractivity contribution is -0.137. The van der Waals surface area contributed by atoms with Crippen molar-refractivity contribution in [2.45, 2.75) is 22.4 Å². The summed E-state index contributed by atoms with van der Waals surface area (Å²) in [5, 5.41) is 2.08. The maximum Gasteiger partial charge on any atom is 0.418 e. The van der Waals surface area contributed by atoms with E-state index in [1.165, 1.54) is 37.4 Å². The van der Waals surface area contributed by atoms with Crippen molar-refractivity contribution in [2.24, 2.45) is 5.92 Å². The maximum atomic E-state index is 14.0. The Balaban J connectivity index is 1.36. The second-order valence-electron chi connectivity index (χ2n) is 10.0. The third-order valence-electron chi connectivity index (χ3n) is 7.31. The zero-order valence-electron chi connectivity index (χ0n) is 23.0. The molecule has 2 aliphatic heterocycles. The number of nitrogens with one attached hydrogen (secondary N) is 2. The first-order chi connectivity index (χ1) is 21.5. The van der Waals surface area contributed by atoms with Crippen molar-refractivity contribution in [1.82, 2.24) is 4.98 Å². The molecule has 15 heteroatoms. The predicted molar refractivity (Wildman–Crippen MR) is 162 cm³/mol. The average molecular weight is 676 g/mol. The number of nitrogens with zero attached hydrogens (tertiary/aromatic N) is 1. The number of anilines is 2. The number of aromatic nitrogens is 1. The Morgan fingerprint density at radius 3 is 2.49 bits per heavy atom. The molecule has 2 N–H and O–H groups in total. The molecular weight excluding hydrogens is 655 g/mol. The molecule has 0 aliphatic carbocycles. The van der Waals surface area contributed by atoms with E-state index in [9.17, 15) is 32.3 Å². The van der Waals surface area contributed by atoms with E-state index in [2.05, 4.69) is 10.3 Å². The van der Waals surface area contributed by atoms with Gasteiger partial charge in [0.1, 0.15) is 16.7 Å². The Hall–Kier alpha value is -4.27. The van der Waals surface area contributed by atoms with Gasteiger partial charge in [0.05, 0.1) is 29.3 Å². The van der Waals surface area contributed by atoms with Gasteiger partial charge in [0.25, 0.3) is 5.91 Å². The smallest absolute Gasteiger partial charge is 0.418 e. The highest BCUT2D eigenvalue weighted by atomic mass is 35.5. The highest BCUT2D eigenvalue weighted by Gasteiger charge is 2.57. The lowest BCUT2D eigenvalue weighted by atomic mass is 9.82. The largest absolute Gasteiger partial charge is 0.497 e. The summed E-state index contributed by atoms with van der Waals surface area (Å²) in [5.74, 6) is -3.70. The van der Waals surface area contributed by atoms with E-state index < -0.39 is 63.7 Å². The molecule has 3 atom stereocenters. The van der Waals surface area contributed by atoms with Gasteiger partial charge in [-0.3, -0.25) is 19.2 Å². The second kappa shape index (κ2) is 11.9. The molecule has 1 fully saturated rings. The molecule has 3 amide bonds. The number of fused-ring (bicyclic) bond motifs is 2. The van der Waals surface area contributed by atoms with E-state index in [1.807, 2.05) is 0 Å². The molecule has 1 aromatic heterocycles. The Bertz CT molecular complexity index is 1880. The first-order valence-corrected chi connectivity index (χ1v) is 15.3. The number of imide groups is 1. The fourth-order valence-electron chi connectivity index (χ4n) is 5.41. The number of aromatic amines is 1. The summed E-state index contributed by atoms with van der Waals surface area (Å²) < 4.78 is 52.8. The molecule has 3 heterocycles. The number of alkyl halides is 3. The monoisotopic (exact) mass is 675 g/mol. The van der Waals surface area contributed by atoms with Crippen LogP contribution in [-0.4, -0.2) is 41.7 Å². The zero-order chi connectivity index (χ0) is 32.0. The van der Waals surface area contributed by atoms with E-state index in [1.54, 1.807) is 24.3 Å². The zero-order valence-corrected chi connectivity index (χ0v) is 25.4. The predicted octanol–water partition coefficient (Wildman–Crippen LogP) is 5.93. The number of thiazole rings is 1. The van der Waals surface area contributed by atoms with Crippen molar-refractivity contribution in [3.05, 3.63) is 97.4 Å². The Kier molecular flexibility index (Phi) is 8.14. The van der Waals surface area contributed by atoms with Gasteiger partial charge in [-0.2, -0.15) is 13.2 Å². The summed E-state index contributed by atoms with van der Waals surface area (Å²) in [6.07, 6.45) is -4.83. The lowest BCUT2D eigenvalue weighted by Crippen LogP contribution is -2.33. The third-order valence-corrected chi connectivity index (χ3v) is 9.95. The number of halogens is 4. The van der Waals surface area contributed by atoms with Crippen LogP contribution in [0, 0.1) is 5.92 Å². The van der Waals surface area contributed by atoms with Gasteiger partial charge in [0.2, 0.25) is 11.8 Å². The third kappa shape index (κ3) is 5.80. The molecule has 3 unspecified atom stereocenters. The van der Waals surface area contributed by atoms with Crippen LogP contribution in [0.1, 0.15) is 21.9 Å². The summed E-state index contributed by atoms with van der Waals surface area (Å²) in [4.78, 5) is 56.2. The Labute approximate surface area is 266 Å².